The summed E-state index contributed by atoms with van der Waals surface area (Å²) in [6.45, 7) is 11.3. The summed E-state index contributed by atoms with van der Waals surface area (Å²) >= 11 is 7.25. The largest absolute Gasteiger partial charge is 0.444 e. The third-order valence-electron chi connectivity index (χ3n) is 4.60. The topological polar surface area (TPSA) is 58.6 Å². The lowest BCUT2D eigenvalue weighted by molar-refractivity contribution is 0.0164. The van der Waals surface area contributed by atoms with E-state index in [1.165, 1.54) is 11.3 Å². The third-order valence-corrected chi connectivity index (χ3v) is 5.83. The summed E-state index contributed by atoms with van der Waals surface area (Å²) in [6.07, 6.45) is 2.39. The molecule has 0 saturated carbocycles. The zero-order valence-electron chi connectivity index (χ0n) is 16.9. The Morgan fingerprint density at radius 2 is 1.93 bits per heavy atom. The van der Waals surface area contributed by atoms with Crippen LogP contribution in [0.4, 0.5) is 4.79 Å². The van der Waals surface area contributed by atoms with Crippen molar-refractivity contribution in [2.75, 3.05) is 13.1 Å². The number of ether oxygens (including phenoxy) is 1. The summed E-state index contributed by atoms with van der Waals surface area (Å²) in [5, 5.41) is 3.21. The highest BCUT2D eigenvalue weighted by molar-refractivity contribution is 7.18. The van der Waals surface area contributed by atoms with Crippen LogP contribution in [0.2, 0.25) is 4.34 Å². The van der Waals surface area contributed by atoms with Gasteiger partial charge in [0.05, 0.1) is 9.21 Å². The molecule has 0 unspecified atom stereocenters. The van der Waals surface area contributed by atoms with Gasteiger partial charge in [-0.3, -0.25) is 4.79 Å². The Morgan fingerprint density at radius 3 is 2.41 bits per heavy atom. The van der Waals surface area contributed by atoms with Crippen molar-refractivity contribution in [2.24, 2.45) is 11.8 Å². The fraction of sp³-hybridized carbons (Fsp3) is 0.700. The Labute approximate surface area is 171 Å². The van der Waals surface area contributed by atoms with E-state index in [2.05, 4.69) is 19.2 Å². The lowest BCUT2D eigenvalue weighted by Gasteiger charge is -2.37. The van der Waals surface area contributed by atoms with Crippen LogP contribution in [-0.4, -0.2) is 41.6 Å². The van der Waals surface area contributed by atoms with Gasteiger partial charge >= 0.3 is 6.09 Å². The van der Waals surface area contributed by atoms with Gasteiger partial charge in [0.25, 0.3) is 5.91 Å². The van der Waals surface area contributed by atoms with E-state index < -0.39 is 5.60 Å². The maximum Gasteiger partial charge on any atom is 0.410 e. The number of piperidine rings is 1. The Hall–Kier alpha value is -1.27. The predicted octanol–water partition coefficient (Wildman–Crippen LogP) is 5.19. The maximum absolute atomic E-state index is 12.6. The molecule has 0 spiro atoms. The zero-order valence-corrected chi connectivity index (χ0v) is 18.5. The highest BCUT2D eigenvalue weighted by Crippen LogP contribution is 2.27. The molecule has 1 N–H and O–H groups in total. The molecule has 1 aliphatic rings. The van der Waals surface area contributed by atoms with Gasteiger partial charge in [-0.15, -0.1) is 11.3 Å². The molecule has 5 nitrogen and oxygen atoms in total. The first kappa shape index (κ1) is 22.0. The smallest absolute Gasteiger partial charge is 0.410 e. The van der Waals surface area contributed by atoms with E-state index in [0.29, 0.717) is 34.1 Å². The summed E-state index contributed by atoms with van der Waals surface area (Å²) in [5.74, 6) is 0.767. The van der Waals surface area contributed by atoms with Crippen molar-refractivity contribution in [1.29, 1.82) is 0 Å². The monoisotopic (exact) mass is 414 g/mol. The standard InChI is InChI=1S/C20H31ClN2O3S/c1-13(2)12-15(22-18(24)16-6-7-17(21)27-16)14-8-10-23(11-9-14)19(25)26-20(3,4)5/h6-7,13-15H,8-12H2,1-5H3,(H,22,24)/t15-/m0/s1. The number of likely N-dealkylation sites (tertiary alicyclic amines) is 1. The number of carbonyl (C=O) groups excluding carboxylic acids is 2. The SMILES string of the molecule is CC(C)C[C@H](NC(=O)c1ccc(Cl)s1)C1CCN(C(=O)OC(C)(C)C)CC1. The summed E-state index contributed by atoms with van der Waals surface area (Å²) < 4.78 is 6.09. The van der Waals surface area contributed by atoms with Gasteiger partial charge in [0.1, 0.15) is 5.60 Å². The van der Waals surface area contributed by atoms with Crippen molar-refractivity contribution in [2.45, 2.75) is 65.5 Å². The maximum atomic E-state index is 12.6. The molecule has 1 fully saturated rings. The Kier molecular flexibility index (Phi) is 7.57. The lowest BCUT2D eigenvalue weighted by atomic mass is 9.85. The van der Waals surface area contributed by atoms with Crippen LogP contribution in [0, 0.1) is 11.8 Å². The molecule has 2 amide bonds. The second kappa shape index (κ2) is 9.28. The molecule has 152 valence electrons. The van der Waals surface area contributed by atoms with Gasteiger partial charge in [-0.1, -0.05) is 25.4 Å². The molecular formula is C20H31ClN2O3S. The molecule has 0 aromatic carbocycles. The number of nitrogens with zero attached hydrogens (tertiary/aromatic N) is 1. The van der Waals surface area contributed by atoms with Crippen molar-refractivity contribution in [3.05, 3.63) is 21.3 Å². The molecular weight excluding hydrogens is 384 g/mol. The number of rotatable bonds is 5. The molecule has 1 aromatic heterocycles. The Balaban J connectivity index is 1.95. The molecule has 27 heavy (non-hydrogen) atoms. The molecule has 1 atom stereocenters. The minimum Gasteiger partial charge on any atom is -0.444 e. The number of nitrogens with one attached hydrogen (secondary N) is 1. The number of thiophene rings is 1. The number of halogens is 1. The molecule has 1 saturated heterocycles. The first-order chi connectivity index (χ1) is 12.5. The Morgan fingerprint density at radius 1 is 1.30 bits per heavy atom. The second-order valence-electron chi connectivity index (χ2n) is 8.62. The number of hydrogen-bond acceptors (Lipinski definition) is 4. The van der Waals surface area contributed by atoms with Gasteiger partial charge in [0.2, 0.25) is 0 Å². The average molecular weight is 415 g/mol. The fourth-order valence-corrected chi connectivity index (χ4v) is 4.31. The van der Waals surface area contributed by atoms with Crippen molar-refractivity contribution in [3.63, 3.8) is 0 Å². The minimum atomic E-state index is -0.482. The number of amides is 2. The highest BCUT2D eigenvalue weighted by Gasteiger charge is 2.32. The second-order valence-corrected chi connectivity index (χ2v) is 10.3. The van der Waals surface area contributed by atoms with E-state index in [-0.39, 0.29) is 18.0 Å². The van der Waals surface area contributed by atoms with Gasteiger partial charge in [-0.05, 0) is 64.0 Å². The molecule has 0 radical (unpaired) electrons. The van der Waals surface area contributed by atoms with Crippen LogP contribution in [0.15, 0.2) is 12.1 Å². The quantitative estimate of drug-likeness (QED) is 0.720. The number of hydrogen-bond donors (Lipinski definition) is 1. The average Bonchev–Trinajstić information content (AvgIpc) is 2.99. The summed E-state index contributed by atoms with van der Waals surface area (Å²) in [4.78, 5) is 27.2. The van der Waals surface area contributed by atoms with Crippen molar-refractivity contribution >= 4 is 34.9 Å². The molecule has 1 aliphatic heterocycles. The highest BCUT2D eigenvalue weighted by atomic mass is 35.5. The number of carbonyl (C=O) groups is 2. The van der Waals surface area contributed by atoms with Crippen LogP contribution in [0.1, 0.15) is 63.6 Å². The van der Waals surface area contributed by atoms with Crippen LogP contribution in [0.3, 0.4) is 0 Å². The predicted molar refractivity (Wildman–Crippen MR) is 111 cm³/mol. The summed E-state index contributed by atoms with van der Waals surface area (Å²) in [5.41, 5.74) is -0.482. The molecule has 1 aromatic rings. The normalized spacial score (nSPS) is 17.1. The van der Waals surface area contributed by atoms with Crippen LogP contribution in [0.5, 0.6) is 0 Å². The summed E-state index contributed by atoms with van der Waals surface area (Å²) in [6, 6.07) is 3.61. The van der Waals surface area contributed by atoms with Gasteiger partial charge in [0.15, 0.2) is 0 Å². The molecule has 0 aliphatic carbocycles. The van der Waals surface area contributed by atoms with Gasteiger partial charge in [0, 0.05) is 19.1 Å². The summed E-state index contributed by atoms with van der Waals surface area (Å²) in [7, 11) is 0. The van der Waals surface area contributed by atoms with E-state index in [0.717, 1.165) is 19.3 Å². The van der Waals surface area contributed by atoms with Crippen molar-refractivity contribution < 1.29 is 14.3 Å². The first-order valence-electron chi connectivity index (χ1n) is 9.59. The third kappa shape index (κ3) is 7.00. The van der Waals surface area contributed by atoms with Gasteiger partial charge in [-0.25, -0.2) is 4.79 Å². The lowest BCUT2D eigenvalue weighted by Crippen LogP contribution is -2.48. The van der Waals surface area contributed by atoms with Crippen molar-refractivity contribution in [3.8, 4) is 0 Å². The van der Waals surface area contributed by atoms with E-state index >= 15 is 0 Å². The zero-order chi connectivity index (χ0) is 20.2. The van der Waals surface area contributed by atoms with Gasteiger partial charge in [-0.2, -0.15) is 0 Å². The molecule has 2 rings (SSSR count). The Bertz CT molecular complexity index is 646. The van der Waals surface area contributed by atoms with Crippen LogP contribution >= 0.6 is 22.9 Å². The molecule has 0 bridgehead atoms. The van der Waals surface area contributed by atoms with Gasteiger partial charge < -0.3 is 15.0 Å². The minimum absolute atomic E-state index is 0.0629. The van der Waals surface area contributed by atoms with E-state index in [4.69, 9.17) is 16.3 Å². The van der Waals surface area contributed by atoms with Crippen molar-refractivity contribution in [1.82, 2.24) is 10.2 Å². The first-order valence-corrected chi connectivity index (χ1v) is 10.8. The van der Waals surface area contributed by atoms with Crippen LogP contribution in [-0.2, 0) is 4.74 Å². The fourth-order valence-electron chi connectivity index (χ4n) is 3.36. The van der Waals surface area contributed by atoms with E-state index in [9.17, 15) is 9.59 Å². The van der Waals surface area contributed by atoms with Crippen LogP contribution in [0.25, 0.3) is 0 Å². The molecule has 7 heteroatoms. The van der Waals surface area contributed by atoms with Crippen LogP contribution < -0.4 is 5.32 Å². The van der Waals surface area contributed by atoms with E-state index in [1.807, 2.05) is 20.8 Å². The van der Waals surface area contributed by atoms with E-state index in [1.54, 1.807) is 17.0 Å². The molecule has 2 heterocycles.